The number of aliphatic hydroxyl groups is 1. The summed E-state index contributed by atoms with van der Waals surface area (Å²) in [6, 6.07) is 22.2. The lowest BCUT2D eigenvalue weighted by molar-refractivity contribution is -0.138. The van der Waals surface area contributed by atoms with E-state index >= 15 is 0 Å². The number of halogens is 3. The molecule has 0 aliphatic heterocycles. The Morgan fingerprint density at radius 2 is 1.59 bits per heavy atom. The van der Waals surface area contributed by atoms with Gasteiger partial charge in [-0.15, -0.1) is 0 Å². The summed E-state index contributed by atoms with van der Waals surface area (Å²) in [5.41, 5.74) is 4.71. The highest BCUT2D eigenvalue weighted by Gasteiger charge is 2.31. The SMILES string of the molecule is CCC[C@H](c1ccc(C(O)NCCC(=O)O)cc1)C(c1ccc(C2CCCC2)cc1)c1cnc2cc(C(F)(F)F)ccc2c1. The molecule has 1 aliphatic carbocycles. The standard InChI is InChI=1S/C36H39F3N2O3/c1-2-5-31(25-10-14-27(15-11-25)35(44)40-19-18-33(42)43)34(26-12-8-24(9-13-26)23-6-3-4-7-23)29-20-28-16-17-30(36(37,38)39)21-32(28)41-22-29/h8-17,20-23,31,34-35,40,44H,2-7,18-19H2,1H3,(H,42,43)/t31-,34?,35?/m1/s1. The van der Waals surface area contributed by atoms with Crippen molar-refractivity contribution in [2.45, 2.75) is 82.0 Å². The van der Waals surface area contributed by atoms with Crippen molar-refractivity contribution in [2.75, 3.05) is 6.54 Å². The zero-order valence-electron chi connectivity index (χ0n) is 24.9. The van der Waals surface area contributed by atoms with E-state index in [0.717, 1.165) is 41.7 Å². The summed E-state index contributed by atoms with van der Waals surface area (Å²) < 4.78 is 40.1. The van der Waals surface area contributed by atoms with Gasteiger partial charge in [-0.05, 0) is 77.1 Å². The monoisotopic (exact) mass is 604 g/mol. The molecule has 1 fully saturated rings. The second-order valence-electron chi connectivity index (χ2n) is 11.9. The summed E-state index contributed by atoms with van der Waals surface area (Å²) in [5.74, 6) is -0.413. The molecule has 3 N–H and O–H groups in total. The number of rotatable bonds is 12. The van der Waals surface area contributed by atoms with Crippen LogP contribution in [0.4, 0.5) is 13.2 Å². The Bertz CT molecular complexity index is 1550. The van der Waals surface area contributed by atoms with Gasteiger partial charge in [0.2, 0.25) is 0 Å². The molecule has 8 heteroatoms. The van der Waals surface area contributed by atoms with Crippen LogP contribution in [0.15, 0.2) is 79.0 Å². The Balaban J connectivity index is 1.52. The number of hydrogen-bond donors (Lipinski definition) is 3. The van der Waals surface area contributed by atoms with Gasteiger partial charge in [-0.25, -0.2) is 0 Å². The first-order valence-corrected chi connectivity index (χ1v) is 15.4. The minimum absolute atomic E-state index is 0.0391. The van der Waals surface area contributed by atoms with Crippen LogP contribution >= 0.6 is 0 Å². The van der Waals surface area contributed by atoms with Crippen LogP contribution in [-0.4, -0.2) is 27.7 Å². The lowest BCUT2D eigenvalue weighted by atomic mass is 9.75. The van der Waals surface area contributed by atoms with E-state index in [-0.39, 0.29) is 24.8 Å². The van der Waals surface area contributed by atoms with E-state index in [2.05, 4.69) is 41.5 Å². The minimum atomic E-state index is -4.43. The Morgan fingerprint density at radius 3 is 2.23 bits per heavy atom. The van der Waals surface area contributed by atoms with E-state index in [1.54, 1.807) is 6.20 Å². The second kappa shape index (κ2) is 13.9. The van der Waals surface area contributed by atoms with Gasteiger partial charge in [-0.2, -0.15) is 13.2 Å². The Kier molecular flexibility index (Phi) is 10.0. The topological polar surface area (TPSA) is 82.5 Å². The summed E-state index contributed by atoms with van der Waals surface area (Å²) in [6.45, 7) is 2.28. The summed E-state index contributed by atoms with van der Waals surface area (Å²) >= 11 is 0. The molecule has 5 nitrogen and oxygen atoms in total. The molecular formula is C36H39F3N2O3. The number of carboxylic acid groups (broad SMARTS) is 1. The van der Waals surface area contributed by atoms with E-state index in [0.29, 0.717) is 22.4 Å². The first kappa shape index (κ1) is 31.7. The number of hydrogen-bond acceptors (Lipinski definition) is 4. The fourth-order valence-corrected chi connectivity index (χ4v) is 6.57. The van der Waals surface area contributed by atoms with E-state index in [9.17, 15) is 23.1 Å². The largest absolute Gasteiger partial charge is 0.481 e. The fourth-order valence-electron chi connectivity index (χ4n) is 6.57. The molecule has 232 valence electrons. The third-order valence-corrected chi connectivity index (χ3v) is 8.87. The maximum atomic E-state index is 13.4. The highest BCUT2D eigenvalue weighted by atomic mass is 19.4. The highest BCUT2D eigenvalue weighted by Crippen LogP contribution is 2.43. The number of benzene rings is 3. The molecule has 2 unspecified atom stereocenters. The Labute approximate surface area is 256 Å². The molecule has 1 saturated carbocycles. The van der Waals surface area contributed by atoms with Gasteiger partial charge in [-0.1, -0.05) is 80.8 Å². The maximum Gasteiger partial charge on any atom is 0.416 e. The Morgan fingerprint density at radius 1 is 0.932 bits per heavy atom. The number of aliphatic hydroxyl groups excluding tert-OH is 1. The first-order valence-electron chi connectivity index (χ1n) is 15.4. The molecule has 3 aromatic carbocycles. The average molecular weight is 605 g/mol. The molecule has 4 aromatic rings. The summed E-state index contributed by atoms with van der Waals surface area (Å²) in [4.78, 5) is 15.4. The fraction of sp³-hybridized carbons (Fsp3) is 0.389. The number of alkyl halides is 3. The van der Waals surface area contributed by atoms with Crippen molar-refractivity contribution in [3.05, 3.63) is 112 Å². The predicted octanol–water partition coefficient (Wildman–Crippen LogP) is 8.68. The van der Waals surface area contributed by atoms with Crippen LogP contribution in [0, 0.1) is 0 Å². The van der Waals surface area contributed by atoms with Crippen molar-refractivity contribution in [2.24, 2.45) is 0 Å². The molecule has 1 aromatic heterocycles. The average Bonchev–Trinajstić information content (AvgIpc) is 3.55. The van der Waals surface area contributed by atoms with Crippen LogP contribution < -0.4 is 5.32 Å². The minimum Gasteiger partial charge on any atom is -0.481 e. The van der Waals surface area contributed by atoms with Gasteiger partial charge in [0.1, 0.15) is 6.23 Å². The second-order valence-corrected chi connectivity index (χ2v) is 11.9. The Hall–Kier alpha value is -3.75. The van der Waals surface area contributed by atoms with Crippen molar-refractivity contribution < 1.29 is 28.2 Å². The number of nitrogens with zero attached hydrogens (tertiary/aromatic N) is 1. The predicted molar refractivity (Wildman–Crippen MR) is 166 cm³/mol. The lowest BCUT2D eigenvalue weighted by Crippen LogP contribution is -2.23. The number of pyridine rings is 1. The smallest absolute Gasteiger partial charge is 0.416 e. The molecule has 44 heavy (non-hydrogen) atoms. The van der Waals surface area contributed by atoms with Crippen molar-refractivity contribution in [1.29, 1.82) is 0 Å². The molecule has 0 spiro atoms. The number of carbonyl (C=O) groups is 1. The van der Waals surface area contributed by atoms with E-state index < -0.39 is 23.9 Å². The third-order valence-electron chi connectivity index (χ3n) is 8.87. The van der Waals surface area contributed by atoms with Gasteiger partial charge in [0.15, 0.2) is 0 Å². The van der Waals surface area contributed by atoms with Gasteiger partial charge >= 0.3 is 12.1 Å². The van der Waals surface area contributed by atoms with Crippen LogP contribution in [-0.2, 0) is 11.0 Å². The number of aromatic nitrogens is 1. The van der Waals surface area contributed by atoms with Gasteiger partial charge in [0.05, 0.1) is 17.5 Å². The summed E-state index contributed by atoms with van der Waals surface area (Å²) in [6.07, 6.45) is 2.90. The number of aliphatic carboxylic acids is 1. The molecule has 0 radical (unpaired) electrons. The molecule has 0 amide bonds. The van der Waals surface area contributed by atoms with E-state index in [1.165, 1.54) is 37.3 Å². The van der Waals surface area contributed by atoms with Crippen LogP contribution in [0.3, 0.4) is 0 Å². The summed E-state index contributed by atoms with van der Waals surface area (Å²) in [7, 11) is 0. The molecule has 0 bridgehead atoms. The first-order chi connectivity index (χ1) is 21.1. The van der Waals surface area contributed by atoms with Crippen molar-refractivity contribution >= 4 is 16.9 Å². The van der Waals surface area contributed by atoms with Crippen LogP contribution in [0.25, 0.3) is 10.9 Å². The molecule has 3 atom stereocenters. The van der Waals surface area contributed by atoms with Crippen molar-refractivity contribution in [3.63, 3.8) is 0 Å². The molecular weight excluding hydrogens is 565 g/mol. The normalized spacial score (nSPS) is 16.2. The van der Waals surface area contributed by atoms with Crippen LogP contribution in [0.1, 0.15) is 109 Å². The zero-order valence-corrected chi connectivity index (χ0v) is 24.9. The highest BCUT2D eigenvalue weighted by molar-refractivity contribution is 5.80. The van der Waals surface area contributed by atoms with Gasteiger partial charge < -0.3 is 10.2 Å². The van der Waals surface area contributed by atoms with Crippen LogP contribution in [0.5, 0.6) is 0 Å². The van der Waals surface area contributed by atoms with Gasteiger partial charge in [-0.3, -0.25) is 15.1 Å². The van der Waals surface area contributed by atoms with Crippen LogP contribution in [0.2, 0.25) is 0 Å². The van der Waals surface area contributed by atoms with Crippen molar-refractivity contribution in [3.8, 4) is 0 Å². The van der Waals surface area contributed by atoms with Gasteiger partial charge in [0.25, 0.3) is 0 Å². The van der Waals surface area contributed by atoms with Gasteiger partial charge in [0, 0.05) is 24.0 Å². The number of nitrogens with one attached hydrogen (secondary N) is 1. The lowest BCUT2D eigenvalue weighted by Gasteiger charge is -2.29. The summed E-state index contributed by atoms with van der Waals surface area (Å²) in [5, 5.41) is 22.9. The van der Waals surface area contributed by atoms with E-state index in [4.69, 9.17) is 5.11 Å². The number of fused-ring (bicyclic) bond motifs is 1. The maximum absolute atomic E-state index is 13.4. The third kappa shape index (κ3) is 7.48. The number of carboxylic acids is 1. The molecule has 5 rings (SSSR count). The molecule has 0 saturated heterocycles. The quantitative estimate of drug-likeness (QED) is 0.141. The van der Waals surface area contributed by atoms with E-state index in [1.807, 2.05) is 30.3 Å². The zero-order chi connectivity index (χ0) is 31.3. The van der Waals surface area contributed by atoms with Crippen molar-refractivity contribution in [1.82, 2.24) is 10.3 Å². The molecule has 1 aliphatic rings. The molecule has 1 heterocycles.